The Morgan fingerprint density at radius 1 is 1.11 bits per heavy atom. The summed E-state index contributed by atoms with van der Waals surface area (Å²) in [5.41, 5.74) is 3.95. The highest BCUT2D eigenvalue weighted by atomic mass is 16.5. The van der Waals surface area contributed by atoms with Gasteiger partial charge >= 0.3 is 0 Å². The van der Waals surface area contributed by atoms with Gasteiger partial charge in [-0.1, -0.05) is 42.5 Å². The first-order valence-electron chi connectivity index (χ1n) is 9.28. The SMILES string of the molecule is COc1ccccc1CNC(=O)c1cc(N2CCc3ccccc3C2)ncn1. The minimum atomic E-state index is -0.230. The third-order valence-corrected chi connectivity index (χ3v) is 4.97. The lowest BCUT2D eigenvalue weighted by molar-refractivity contribution is 0.0945. The van der Waals surface area contributed by atoms with E-state index >= 15 is 0 Å². The number of hydrogen-bond donors (Lipinski definition) is 1. The number of anilines is 1. The summed E-state index contributed by atoms with van der Waals surface area (Å²) in [5.74, 6) is 1.29. The van der Waals surface area contributed by atoms with Gasteiger partial charge in [0.1, 0.15) is 23.6 Å². The van der Waals surface area contributed by atoms with Crippen molar-refractivity contribution < 1.29 is 9.53 Å². The van der Waals surface area contributed by atoms with E-state index in [4.69, 9.17) is 4.74 Å². The summed E-state index contributed by atoms with van der Waals surface area (Å²) in [5, 5.41) is 2.91. The molecule has 1 aromatic heterocycles. The van der Waals surface area contributed by atoms with Crippen molar-refractivity contribution in [3.63, 3.8) is 0 Å². The highest BCUT2D eigenvalue weighted by Gasteiger charge is 2.18. The van der Waals surface area contributed by atoms with E-state index in [9.17, 15) is 4.79 Å². The molecular formula is C22H22N4O2. The second-order valence-electron chi connectivity index (χ2n) is 6.70. The number of amides is 1. The molecule has 2 heterocycles. The quantitative estimate of drug-likeness (QED) is 0.744. The Bertz CT molecular complexity index is 990. The fourth-order valence-electron chi connectivity index (χ4n) is 3.45. The third kappa shape index (κ3) is 3.81. The smallest absolute Gasteiger partial charge is 0.270 e. The summed E-state index contributed by atoms with van der Waals surface area (Å²) in [6.45, 7) is 2.03. The van der Waals surface area contributed by atoms with Crippen molar-refractivity contribution in [1.29, 1.82) is 0 Å². The maximum Gasteiger partial charge on any atom is 0.270 e. The molecule has 6 heteroatoms. The molecule has 0 bridgehead atoms. The lowest BCUT2D eigenvalue weighted by Gasteiger charge is -2.29. The predicted octanol–water partition coefficient (Wildman–Crippen LogP) is 2.98. The Balaban J connectivity index is 1.46. The van der Waals surface area contributed by atoms with Crippen LogP contribution in [0.4, 0.5) is 5.82 Å². The maximum atomic E-state index is 12.6. The van der Waals surface area contributed by atoms with Gasteiger partial charge in [0, 0.05) is 31.3 Å². The zero-order chi connectivity index (χ0) is 19.3. The topological polar surface area (TPSA) is 67.3 Å². The van der Waals surface area contributed by atoms with Gasteiger partial charge in [0.25, 0.3) is 5.91 Å². The molecule has 0 aliphatic carbocycles. The highest BCUT2D eigenvalue weighted by molar-refractivity contribution is 5.92. The van der Waals surface area contributed by atoms with Gasteiger partial charge in [0.05, 0.1) is 7.11 Å². The number of hydrogen-bond acceptors (Lipinski definition) is 5. The molecule has 142 valence electrons. The largest absolute Gasteiger partial charge is 0.496 e. The third-order valence-electron chi connectivity index (χ3n) is 4.97. The maximum absolute atomic E-state index is 12.6. The van der Waals surface area contributed by atoms with Gasteiger partial charge in [-0.2, -0.15) is 0 Å². The van der Waals surface area contributed by atoms with Crippen molar-refractivity contribution in [3.8, 4) is 5.75 Å². The van der Waals surface area contributed by atoms with Crippen molar-refractivity contribution in [2.45, 2.75) is 19.5 Å². The molecule has 3 aromatic rings. The first kappa shape index (κ1) is 18.0. The first-order valence-corrected chi connectivity index (χ1v) is 9.28. The van der Waals surface area contributed by atoms with Crippen LogP contribution < -0.4 is 15.0 Å². The lowest BCUT2D eigenvalue weighted by atomic mass is 10.00. The number of nitrogens with zero attached hydrogens (tertiary/aromatic N) is 3. The van der Waals surface area contributed by atoms with Gasteiger partial charge in [0.2, 0.25) is 0 Å². The molecule has 1 aliphatic heterocycles. The Hall–Kier alpha value is -3.41. The van der Waals surface area contributed by atoms with Gasteiger partial charge in [0.15, 0.2) is 0 Å². The molecule has 1 aliphatic rings. The molecule has 0 unspecified atom stereocenters. The molecule has 0 saturated carbocycles. The van der Waals surface area contributed by atoms with E-state index in [-0.39, 0.29) is 5.91 Å². The number of benzene rings is 2. The molecule has 2 aromatic carbocycles. The standard InChI is InChI=1S/C22H22N4O2/c1-28-20-9-5-4-7-17(20)13-23-22(27)19-12-21(25-15-24-19)26-11-10-16-6-2-3-8-18(16)14-26/h2-9,12,15H,10-11,13-14H2,1H3,(H,23,27). The monoisotopic (exact) mass is 374 g/mol. The minimum Gasteiger partial charge on any atom is -0.496 e. The molecule has 1 amide bonds. The van der Waals surface area contributed by atoms with E-state index < -0.39 is 0 Å². The van der Waals surface area contributed by atoms with Crippen LogP contribution in [0.3, 0.4) is 0 Å². The fourth-order valence-corrected chi connectivity index (χ4v) is 3.45. The predicted molar refractivity (Wildman–Crippen MR) is 107 cm³/mol. The Morgan fingerprint density at radius 2 is 1.89 bits per heavy atom. The number of para-hydroxylation sites is 1. The Morgan fingerprint density at radius 3 is 2.75 bits per heavy atom. The molecule has 1 N–H and O–H groups in total. The molecule has 0 fully saturated rings. The number of aromatic nitrogens is 2. The molecular weight excluding hydrogens is 352 g/mol. The molecule has 0 radical (unpaired) electrons. The van der Waals surface area contributed by atoms with Crippen molar-refractivity contribution in [3.05, 3.63) is 83.3 Å². The molecule has 0 atom stereocenters. The summed E-state index contributed by atoms with van der Waals surface area (Å²) in [6.07, 6.45) is 2.42. The van der Waals surface area contributed by atoms with Crippen LogP contribution in [0.15, 0.2) is 60.9 Å². The van der Waals surface area contributed by atoms with Crippen LogP contribution in [-0.4, -0.2) is 29.5 Å². The van der Waals surface area contributed by atoms with Gasteiger partial charge in [-0.15, -0.1) is 0 Å². The van der Waals surface area contributed by atoms with Crippen molar-refractivity contribution >= 4 is 11.7 Å². The molecule has 4 rings (SSSR count). The second kappa shape index (κ2) is 8.08. The number of carbonyl (C=O) groups excluding carboxylic acids is 1. The molecule has 0 spiro atoms. The van der Waals surface area contributed by atoms with Gasteiger partial charge in [-0.3, -0.25) is 4.79 Å². The molecule has 28 heavy (non-hydrogen) atoms. The lowest BCUT2D eigenvalue weighted by Crippen LogP contribution is -2.31. The second-order valence-corrected chi connectivity index (χ2v) is 6.70. The summed E-state index contributed by atoms with van der Waals surface area (Å²) < 4.78 is 5.33. The average Bonchev–Trinajstić information content (AvgIpc) is 2.77. The zero-order valence-corrected chi connectivity index (χ0v) is 15.8. The number of rotatable bonds is 5. The van der Waals surface area contributed by atoms with E-state index in [1.807, 2.05) is 24.3 Å². The van der Waals surface area contributed by atoms with Crippen molar-refractivity contribution in [2.75, 3.05) is 18.6 Å². The van der Waals surface area contributed by atoms with Crippen molar-refractivity contribution in [1.82, 2.24) is 15.3 Å². The van der Waals surface area contributed by atoms with E-state index in [0.717, 1.165) is 36.6 Å². The number of nitrogens with one attached hydrogen (secondary N) is 1. The van der Waals surface area contributed by atoms with Crippen LogP contribution in [0, 0.1) is 0 Å². The van der Waals surface area contributed by atoms with E-state index in [1.54, 1.807) is 13.2 Å². The summed E-state index contributed by atoms with van der Waals surface area (Å²) in [7, 11) is 1.62. The van der Waals surface area contributed by atoms with Crippen LogP contribution in [0.5, 0.6) is 5.75 Å². The first-order chi connectivity index (χ1) is 13.7. The van der Waals surface area contributed by atoms with Gasteiger partial charge in [-0.25, -0.2) is 9.97 Å². The number of ether oxygens (including phenoxy) is 1. The van der Waals surface area contributed by atoms with Crippen LogP contribution >= 0.6 is 0 Å². The Kier molecular flexibility index (Phi) is 5.19. The van der Waals surface area contributed by atoms with E-state index in [0.29, 0.717) is 12.2 Å². The number of carbonyl (C=O) groups is 1. The van der Waals surface area contributed by atoms with Gasteiger partial charge in [-0.05, 0) is 23.6 Å². The average molecular weight is 374 g/mol. The van der Waals surface area contributed by atoms with E-state index in [1.165, 1.54) is 17.5 Å². The van der Waals surface area contributed by atoms with Crippen LogP contribution in [0.1, 0.15) is 27.2 Å². The van der Waals surface area contributed by atoms with Gasteiger partial charge < -0.3 is 15.0 Å². The number of fused-ring (bicyclic) bond motifs is 1. The fraction of sp³-hybridized carbons (Fsp3) is 0.227. The molecule has 0 saturated heterocycles. The zero-order valence-electron chi connectivity index (χ0n) is 15.8. The summed E-state index contributed by atoms with van der Waals surface area (Å²) in [6, 6.07) is 17.8. The van der Waals surface area contributed by atoms with Crippen molar-refractivity contribution in [2.24, 2.45) is 0 Å². The van der Waals surface area contributed by atoms with Crippen LogP contribution in [-0.2, 0) is 19.5 Å². The molecule has 6 nitrogen and oxygen atoms in total. The normalized spacial score (nSPS) is 13.0. The highest BCUT2D eigenvalue weighted by Crippen LogP contribution is 2.23. The summed E-state index contributed by atoms with van der Waals surface area (Å²) in [4.78, 5) is 23.3. The summed E-state index contributed by atoms with van der Waals surface area (Å²) >= 11 is 0. The number of methoxy groups -OCH3 is 1. The Labute approximate surface area is 164 Å². The van der Waals surface area contributed by atoms with E-state index in [2.05, 4.69) is 44.5 Å². The minimum absolute atomic E-state index is 0.230. The van der Waals surface area contributed by atoms with Crippen LogP contribution in [0.2, 0.25) is 0 Å². The van der Waals surface area contributed by atoms with Crippen LogP contribution in [0.25, 0.3) is 0 Å².